The van der Waals surface area contributed by atoms with Gasteiger partial charge in [0.2, 0.25) is 23.5 Å². The molecule has 1 unspecified atom stereocenters. The minimum Gasteiger partial charge on any atom is -0.363 e. The number of nitrogens with two attached hydrogens (primary N) is 1. The molecule has 2 aliphatic carbocycles. The molecule has 1 aliphatic heterocycles. The summed E-state index contributed by atoms with van der Waals surface area (Å²) in [6.45, 7) is 10.0. The van der Waals surface area contributed by atoms with Crippen molar-refractivity contribution in [3.63, 3.8) is 0 Å². The lowest BCUT2D eigenvalue weighted by Gasteiger charge is -2.38. The lowest BCUT2D eigenvalue weighted by atomic mass is 9.80. The Hall–Kier alpha value is -3.90. The molecule has 1 aromatic rings. The van der Waals surface area contributed by atoms with E-state index in [1.807, 2.05) is 20.8 Å². The van der Waals surface area contributed by atoms with Crippen LogP contribution in [-0.4, -0.2) is 80.9 Å². The standard InChI is InChI=1S/C36H55N7O6/c1-21(2)16-23-18-27(33(47)40-25(29(44)31(37)45)17-22-10-9-11-22)43(20-23)35(49)30(36(3,4)5)42-34(48)28(24-12-7-6-8-13-24)41-32(46)26-19-38-14-15-39-26/h14-15,19,21-25,27-28,30H,6-13,16-18,20H2,1-5H3,(H2,37,45)(H,40,47)(H,41,46)(H,42,48)/t23-,25?,27+,28+,30-/m1/s1. The highest BCUT2D eigenvalue weighted by Crippen LogP contribution is 2.34. The van der Waals surface area contributed by atoms with E-state index in [9.17, 15) is 28.8 Å². The number of nitrogens with one attached hydrogen (secondary N) is 3. The largest absolute Gasteiger partial charge is 0.363 e. The van der Waals surface area contributed by atoms with Crippen LogP contribution in [0.5, 0.6) is 0 Å². The number of primary amides is 1. The van der Waals surface area contributed by atoms with E-state index in [1.54, 1.807) is 0 Å². The van der Waals surface area contributed by atoms with Gasteiger partial charge in [0.25, 0.3) is 11.8 Å². The molecule has 49 heavy (non-hydrogen) atoms. The Balaban J connectivity index is 1.58. The number of carbonyl (C=O) groups is 6. The normalized spacial score (nSPS) is 22.0. The third-order valence-electron chi connectivity index (χ3n) is 10.3. The second-order valence-electron chi connectivity index (χ2n) is 15.8. The van der Waals surface area contributed by atoms with Crippen LogP contribution < -0.4 is 21.7 Å². The van der Waals surface area contributed by atoms with Gasteiger partial charge in [0, 0.05) is 18.9 Å². The highest BCUT2D eigenvalue weighted by Gasteiger charge is 2.46. The van der Waals surface area contributed by atoms with Crippen LogP contribution in [0.3, 0.4) is 0 Å². The van der Waals surface area contributed by atoms with Gasteiger partial charge in [-0.05, 0) is 61.2 Å². The lowest BCUT2D eigenvalue weighted by Crippen LogP contribution is -2.62. The average molecular weight is 682 g/mol. The molecule has 3 aliphatic rings. The third-order valence-corrected chi connectivity index (χ3v) is 10.3. The second kappa shape index (κ2) is 16.7. The molecular formula is C36H55N7O6. The number of ketones is 1. The Morgan fingerprint density at radius 3 is 2.14 bits per heavy atom. The summed E-state index contributed by atoms with van der Waals surface area (Å²) in [7, 11) is 0. The molecule has 2 heterocycles. The van der Waals surface area contributed by atoms with Crippen LogP contribution in [0.25, 0.3) is 0 Å². The number of carbonyl (C=O) groups excluding carboxylic acids is 6. The first-order valence-corrected chi connectivity index (χ1v) is 18.0. The molecule has 0 aromatic carbocycles. The van der Waals surface area contributed by atoms with Crippen LogP contribution >= 0.6 is 0 Å². The van der Waals surface area contributed by atoms with Gasteiger partial charge in [-0.25, -0.2) is 4.98 Å². The van der Waals surface area contributed by atoms with Crippen molar-refractivity contribution in [1.82, 2.24) is 30.8 Å². The molecule has 3 fully saturated rings. The molecule has 1 saturated heterocycles. The van der Waals surface area contributed by atoms with Crippen LogP contribution in [0, 0.1) is 29.1 Å². The highest BCUT2D eigenvalue weighted by atomic mass is 16.2. The van der Waals surface area contributed by atoms with Gasteiger partial charge >= 0.3 is 0 Å². The van der Waals surface area contributed by atoms with E-state index in [0.717, 1.165) is 57.8 Å². The van der Waals surface area contributed by atoms with Crippen molar-refractivity contribution in [3.8, 4) is 0 Å². The molecule has 13 heteroatoms. The van der Waals surface area contributed by atoms with E-state index in [4.69, 9.17) is 5.73 Å². The van der Waals surface area contributed by atoms with Crippen LogP contribution in [0.15, 0.2) is 18.6 Å². The fraction of sp³-hybridized carbons (Fsp3) is 0.722. The molecule has 0 spiro atoms. The van der Waals surface area contributed by atoms with E-state index in [2.05, 4.69) is 39.8 Å². The predicted octanol–water partition coefficient (Wildman–Crippen LogP) is 2.68. The average Bonchev–Trinajstić information content (AvgIpc) is 3.46. The van der Waals surface area contributed by atoms with Crippen molar-refractivity contribution in [1.29, 1.82) is 0 Å². The Morgan fingerprint density at radius 2 is 1.59 bits per heavy atom. The van der Waals surface area contributed by atoms with Crippen LogP contribution in [0.2, 0.25) is 0 Å². The molecule has 2 saturated carbocycles. The number of amides is 5. The van der Waals surface area contributed by atoms with Crippen molar-refractivity contribution in [2.75, 3.05) is 6.54 Å². The van der Waals surface area contributed by atoms with Gasteiger partial charge in [-0.2, -0.15) is 0 Å². The number of Topliss-reactive ketones (excluding diaryl/α,β-unsaturated/α-hetero) is 1. The summed E-state index contributed by atoms with van der Waals surface area (Å²) in [5.41, 5.74) is 4.68. The van der Waals surface area contributed by atoms with Crippen molar-refractivity contribution < 1.29 is 28.8 Å². The highest BCUT2D eigenvalue weighted by molar-refractivity contribution is 6.37. The van der Waals surface area contributed by atoms with Gasteiger partial charge in [0.05, 0.1) is 12.2 Å². The number of rotatable bonds is 14. The molecular weight excluding hydrogens is 626 g/mol. The zero-order chi connectivity index (χ0) is 35.9. The van der Waals surface area contributed by atoms with E-state index in [1.165, 1.54) is 23.5 Å². The maximum Gasteiger partial charge on any atom is 0.287 e. The van der Waals surface area contributed by atoms with Crippen molar-refractivity contribution in [2.45, 2.75) is 129 Å². The Morgan fingerprint density at radius 1 is 0.898 bits per heavy atom. The Kier molecular flexibility index (Phi) is 12.9. The van der Waals surface area contributed by atoms with E-state index >= 15 is 0 Å². The second-order valence-corrected chi connectivity index (χ2v) is 15.8. The fourth-order valence-electron chi connectivity index (χ4n) is 7.53. The molecule has 13 nitrogen and oxygen atoms in total. The molecule has 0 bridgehead atoms. The van der Waals surface area contributed by atoms with Gasteiger partial charge in [0.1, 0.15) is 23.8 Å². The Labute approximate surface area is 289 Å². The zero-order valence-corrected chi connectivity index (χ0v) is 29.7. The minimum absolute atomic E-state index is 0.0224. The molecule has 5 amide bonds. The summed E-state index contributed by atoms with van der Waals surface area (Å²) in [6.07, 6.45) is 13.0. The molecule has 5 atom stereocenters. The molecule has 4 rings (SSSR count). The van der Waals surface area contributed by atoms with Crippen molar-refractivity contribution >= 4 is 35.3 Å². The number of aromatic nitrogens is 2. The first kappa shape index (κ1) is 37.9. The van der Waals surface area contributed by atoms with Gasteiger partial charge in [-0.15, -0.1) is 0 Å². The van der Waals surface area contributed by atoms with Gasteiger partial charge in [0.15, 0.2) is 0 Å². The molecule has 5 N–H and O–H groups in total. The van der Waals surface area contributed by atoms with Crippen molar-refractivity contribution in [2.24, 2.45) is 34.8 Å². The maximum absolute atomic E-state index is 14.6. The third kappa shape index (κ3) is 10.1. The predicted molar refractivity (Wildman–Crippen MR) is 182 cm³/mol. The summed E-state index contributed by atoms with van der Waals surface area (Å²) >= 11 is 0. The Bertz CT molecular complexity index is 1350. The maximum atomic E-state index is 14.6. The number of hydrogen-bond donors (Lipinski definition) is 4. The number of nitrogens with zero attached hydrogens (tertiary/aromatic N) is 3. The first-order valence-electron chi connectivity index (χ1n) is 18.0. The molecule has 1 aromatic heterocycles. The number of likely N-dealkylation sites (tertiary alicyclic amines) is 1. The van der Waals surface area contributed by atoms with Crippen LogP contribution in [0.4, 0.5) is 0 Å². The van der Waals surface area contributed by atoms with E-state index < -0.39 is 64.9 Å². The smallest absolute Gasteiger partial charge is 0.287 e. The zero-order valence-electron chi connectivity index (χ0n) is 29.7. The monoisotopic (exact) mass is 681 g/mol. The molecule has 270 valence electrons. The van der Waals surface area contributed by atoms with E-state index in [0.29, 0.717) is 25.3 Å². The van der Waals surface area contributed by atoms with Gasteiger partial charge in [-0.1, -0.05) is 73.1 Å². The van der Waals surface area contributed by atoms with Crippen LogP contribution in [0.1, 0.15) is 116 Å². The van der Waals surface area contributed by atoms with Crippen molar-refractivity contribution in [3.05, 3.63) is 24.3 Å². The van der Waals surface area contributed by atoms with Gasteiger partial charge < -0.3 is 26.6 Å². The van der Waals surface area contributed by atoms with Gasteiger partial charge in [-0.3, -0.25) is 33.8 Å². The fourth-order valence-corrected chi connectivity index (χ4v) is 7.53. The minimum atomic E-state index is -1.10. The lowest BCUT2D eigenvalue weighted by molar-refractivity contribution is -0.145. The summed E-state index contributed by atoms with van der Waals surface area (Å²) < 4.78 is 0. The summed E-state index contributed by atoms with van der Waals surface area (Å²) in [5, 5.41) is 8.65. The summed E-state index contributed by atoms with van der Waals surface area (Å²) in [5.74, 6) is -3.41. The number of hydrogen-bond acceptors (Lipinski definition) is 8. The topological polar surface area (TPSA) is 194 Å². The molecule has 0 radical (unpaired) electrons. The summed E-state index contributed by atoms with van der Waals surface area (Å²) in [6, 6.07) is -3.87. The summed E-state index contributed by atoms with van der Waals surface area (Å²) in [4.78, 5) is 90.0. The first-order chi connectivity index (χ1) is 23.1. The quantitative estimate of drug-likeness (QED) is 0.215. The van der Waals surface area contributed by atoms with Crippen LogP contribution in [-0.2, 0) is 24.0 Å². The van der Waals surface area contributed by atoms with E-state index in [-0.39, 0.29) is 23.4 Å². The SMILES string of the molecule is CC(C)C[C@@H]1C[C@@H](C(=O)NC(CC2CCC2)C(=O)C(N)=O)N(C(=O)[C@@H](NC(=O)[C@@H](NC(=O)c2cnccn2)C2CCCCC2)C(C)(C)C)C1.